The first-order chi connectivity index (χ1) is 23.6. The largest absolute Gasteiger partial charge is 0.504 e. The summed E-state index contributed by atoms with van der Waals surface area (Å²) >= 11 is 0. The Balaban J connectivity index is 1.49. The lowest BCUT2D eigenvalue weighted by Gasteiger charge is -2.62. The Morgan fingerprint density at radius 1 is 1.08 bits per heavy atom. The molecule has 12 nitrogen and oxygen atoms in total. The Morgan fingerprint density at radius 2 is 1.75 bits per heavy atom. The summed E-state index contributed by atoms with van der Waals surface area (Å²) in [7, 11) is 0. The molecule has 2 saturated carbocycles. The van der Waals surface area contributed by atoms with Crippen LogP contribution in [0.1, 0.15) is 97.3 Å². The number of hydrogen-bond donors (Lipinski definition) is 8. The van der Waals surface area contributed by atoms with Crippen molar-refractivity contribution in [3.8, 4) is 11.5 Å². The number of phenolic OH excluding ortho intramolecular Hbond substituents is 1. The number of carbonyl (C=O) groups is 1. The van der Waals surface area contributed by atoms with Gasteiger partial charge in [-0.25, -0.2) is 0 Å². The van der Waals surface area contributed by atoms with E-state index in [9.17, 15) is 45.6 Å². The van der Waals surface area contributed by atoms with Crippen LogP contribution in [-0.2, 0) is 26.1 Å². The van der Waals surface area contributed by atoms with Crippen LogP contribution in [0.25, 0.3) is 0 Å². The third-order valence-corrected chi connectivity index (χ3v) is 13.4. The Labute approximate surface area is 301 Å². The van der Waals surface area contributed by atoms with Gasteiger partial charge < -0.3 is 55.1 Å². The van der Waals surface area contributed by atoms with Crippen molar-refractivity contribution >= 4 is 5.78 Å². The highest BCUT2D eigenvalue weighted by atomic mass is 16.7. The van der Waals surface area contributed by atoms with Crippen molar-refractivity contribution < 1.29 is 59.9 Å². The molecule has 1 heterocycles. The summed E-state index contributed by atoms with van der Waals surface area (Å²) in [5.74, 6) is -1.57. The topological polar surface area (TPSA) is 207 Å². The zero-order chi connectivity index (χ0) is 38.1. The molecule has 0 unspecified atom stereocenters. The van der Waals surface area contributed by atoms with Crippen molar-refractivity contribution in [3.05, 3.63) is 34.9 Å². The van der Waals surface area contributed by atoms with Crippen molar-refractivity contribution in [2.45, 2.75) is 153 Å². The minimum Gasteiger partial charge on any atom is -0.504 e. The third-order valence-electron chi connectivity index (χ3n) is 13.4. The number of hydrogen-bond acceptors (Lipinski definition) is 12. The van der Waals surface area contributed by atoms with Crippen LogP contribution in [0, 0.1) is 29.6 Å². The zero-order valence-corrected chi connectivity index (χ0v) is 31.3. The highest BCUT2D eigenvalue weighted by molar-refractivity contribution is 5.93. The van der Waals surface area contributed by atoms with Crippen LogP contribution in [0.5, 0.6) is 11.5 Å². The summed E-state index contributed by atoms with van der Waals surface area (Å²) in [6, 6.07) is 1.58. The van der Waals surface area contributed by atoms with Gasteiger partial charge in [-0.1, -0.05) is 39.3 Å². The second kappa shape index (κ2) is 13.9. The Bertz CT molecular complexity index is 1490. The number of ether oxygens (including phenoxy) is 3. The molecule has 0 spiro atoms. The Hall–Kier alpha value is -2.13. The number of aromatic hydroxyl groups is 1. The predicted molar refractivity (Wildman–Crippen MR) is 187 cm³/mol. The van der Waals surface area contributed by atoms with Crippen LogP contribution in [0.2, 0.25) is 0 Å². The van der Waals surface area contributed by atoms with E-state index in [1.165, 1.54) is 13.0 Å². The van der Waals surface area contributed by atoms with Crippen LogP contribution < -0.4 is 4.74 Å². The highest BCUT2D eigenvalue weighted by Crippen LogP contribution is 2.72. The molecule has 1 aromatic carbocycles. The maximum Gasteiger partial charge on any atom is 0.229 e. The van der Waals surface area contributed by atoms with E-state index < -0.39 is 82.9 Å². The fourth-order valence-corrected chi connectivity index (χ4v) is 10.2. The number of unbranched alkanes of at least 4 members (excludes halogenated alkanes) is 1. The van der Waals surface area contributed by atoms with Crippen LogP contribution in [0.15, 0.2) is 18.2 Å². The molecule has 0 amide bonds. The van der Waals surface area contributed by atoms with Crippen molar-refractivity contribution in [1.82, 2.24) is 0 Å². The lowest BCUT2D eigenvalue weighted by molar-refractivity contribution is -0.277. The smallest absolute Gasteiger partial charge is 0.229 e. The van der Waals surface area contributed by atoms with Crippen molar-refractivity contribution in [2.24, 2.45) is 22.7 Å². The molecule has 3 aliphatic carbocycles. The first-order valence-corrected chi connectivity index (χ1v) is 18.4. The fourth-order valence-electron chi connectivity index (χ4n) is 10.2. The number of aliphatic hydroxyl groups is 7. The monoisotopic (exact) mass is 720 g/mol. The summed E-state index contributed by atoms with van der Waals surface area (Å²) in [6.45, 7) is 14.9. The summed E-state index contributed by atoms with van der Waals surface area (Å²) in [4.78, 5) is 14.7. The molecule has 4 aliphatic rings. The molecule has 0 bridgehead atoms. The van der Waals surface area contributed by atoms with Gasteiger partial charge in [0, 0.05) is 18.9 Å². The van der Waals surface area contributed by atoms with Gasteiger partial charge in [0.2, 0.25) is 6.29 Å². The maximum atomic E-state index is 14.7. The molecule has 13 atom stereocenters. The number of phenols is 1. The molecular formula is C39H60O12. The van der Waals surface area contributed by atoms with E-state index >= 15 is 0 Å². The number of rotatable bonds is 11. The van der Waals surface area contributed by atoms with Gasteiger partial charge in [0.05, 0.1) is 29.3 Å². The number of benzene rings is 1. The van der Waals surface area contributed by atoms with Gasteiger partial charge >= 0.3 is 0 Å². The average molecular weight is 721 g/mol. The van der Waals surface area contributed by atoms with E-state index in [2.05, 4.69) is 13.8 Å². The lowest BCUT2D eigenvalue weighted by atomic mass is 9.41. The van der Waals surface area contributed by atoms with Gasteiger partial charge in [-0.3, -0.25) is 4.79 Å². The van der Waals surface area contributed by atoms with Crippen LogP contribution in [0.3, 0.4) is 0 Å². The van der Waals surface area contributed by atoms with Gasteiger partial charge in [0.1, 0.15) is 36.3 Å². The minimum atomic E-state index is -1.79. The van der Waals surface area contributed by atoms with Crippen LogP contribution >= 0.6 is 0 Å². The van der Waals surface area contributed by atoms with Gasteiger partial charge in [-0.05, 0) is 99.8 Å². The molecule has 1 aliphatic heterocycles. The Morgan fingerprint density at radius 3 is 2.37 bits per heavy atom. The molecule has 0 aromatic heterocycles. The SMILES string of the molecule is CCCCOC(C)(C)C=C[C@H](O)[C@](C)(O)[C@H]1[C@H](O)C[C@@]2(C)[C@H]3CCc4c(cc(O[C@@H]5O[C@H](CO)[C@@H](O)[C@H](O)[C@H]5O)c(O)c4C)[C@]3(C)C(=O)C[C@]12C. The number of carbonyl (C=O) groups excluding carboxylic acids is 1. The molecule has 288 valence electrons. The average Bonchev–Trinajstić information content (AvgIpc) is 3.27. The summed E-state index contributed by atoms with van der Waals surface area (Å²) in [6.07, 6.45) is -3.57. The van der Waals surface area contributed by atoms with E-state index in [0.29, 0.717) is 37.0 Å². The number of ketones is 1. The minimum absolute atomic E-state index is 0.0126. The van der Waals surface area contributed by atoms with Gasteiger partial charge in [0.15, 0.2) is 11.5 Å². The van der Waals surface area contributed by atoms with E-state index in [-0.39, 0.29) is 29.6 Å². The first kappa shape index (κ1) is 40.1. The second-order valence-electron chi connectivity index (χ2n) is 17.0. The summed E-state index contributed by atoms with van der Waals surface area (Å²) < 4.78 is 17.4. The molecule has 1 aromatic rings. The molecule has 12 heteroatoms. The van der Waals surface area contributed by atoms with Gasteiger partial charge in [0.25, 0.3) is 0 Å². The van der Waals surface area contributed by atoms with Crippen LogP contribution in [-0.4, -0.2) is 114 Å². The molecule has 5 rings (SSSR count). The van der Waals surface area contributed by atoms with Crippen molar-refractivity contribution in [2.75, 3.05) is 13.2 Å². The van der Waals surface area contributed by atoms with Gasteiger partial charge in [-0.2, -0.15) is 0 Å². The molecule has 3 fully saturated rings. The normalized spacial score (nSPS) is 40.0. The second-order valence-corrected chi connectivity index (χ2v) is 17.0. The van der Waals surface area contributed by atoms with E-state index in [1.807, 2.05) is 27.7 Å². The molecule has 1 saturated heterocycles. The first-order valence-electron chi connectivity index (χ1n) is 18.4. The molecular weight excluding hydrogens is 660 g/mol. The summed E-state index contributed by atoms with van der Waals surface area (Å²) in [5, 5.41) is 87.5. The van der Waals surface area contributed by atoms with Gasteiger partial charge in [-0.15, -0.1) is 0 Å². The van der Waals surface area contributed by atoms with Crippen molar-refractivity contribution in [3.63, 3.8) is 0 Å². The molecule has 8 N–H and O–H groups in total. The standard InChI is InChI=1S/C39H60O12/c1-9-10-15-49-35(3,4)14-13-27(42)39(8,48)33-23(41)17-36(5)26-12-11-21-20(2)29(44)24(16-22(21)38(26,7)28(43)18-37(33,36)6)50-34-32(47)31(46)30(45)25(19-40)51-34/h13-14,16,23,25-27,30-34,40-42,44-48H,9-12,15,17-19H2,1-8H3/t23-,25-,26-,27+,30-,31+,32-,33+,34-,36+,37-,38+,39+/m1/s1. The Kier molecular flexibility index (Phi) is 10.9. The quantitative estimate of drug-likeness (QED) is 0.123. The predicted octanol–water partition coefficient (Wildman–Crippen LogP) is 2.33. The van der Waals surface area contributed by atoms with Crippen LogP contribution in [0.4, 0.5) is 0 Å². The maximum absolute atomic E-state index is 14.7. The summed E-state index contributed by atoms with van der Waals surface area (Å²) in [5.41, 5.74) is -3.23. The number of fused-ring (bicyclic) bond motifs is 5. The fraction of sp³-hybridized carbons (Fsp3) is 0.769. The zero-order valence-electron chi connectivity index (χ0n) is 31.3. The third kappa shape index (κ3) is 6.36. The molecule has 51 heavy (non-hydrogen) atoms. The number of aliphatic hydroxyl groups excluding tert-OH is 6. The molecule has 0 radical (unpaired) electrons. The lowest BCUT2D eigenvalue weighted by Crippen LogP contribution is -2.64. The van der Waals surface area contributed by atoms with Crippen molar-refractivity contribution in [1.29, 1.82) is 0 Å². The van der Waals surface area contributed by atoms with E-state index in [4.69, 9.17) is 14.2 Å². The van der Waals surface area contributed by atoms with E-state index in [0.717, 1.165) is 18.4 Å². The number of Topliss-reactive ketones (excluding diaryl/α,β-unsaturated/α-hetero) is 1. The van der Waals surface area contributed by atoms with E-state index in [1.54, 1.807) is 19.1 Å². The highest BCUT2D eigenvalue weighted by Gasteiger charge is 2.73.